The van der Waals surface area contributed by atoms with Crippen LogP contribution in [0.1, 0.15) is 57.3 Å². The first kappa shape index (κ1) is 14.2. The summed E-state index contributed by atoms with van der Waals surface area (Å²) in [7, 11) is 2.01. The number of nitrogens with zero attached hydrogens (tertiary/aromatic N) is 2. The molecule has 0 aromatic carbocycles. The molecular formula is C14H27N3. The highest BCUT2D eigenvalue weighted by Crippen LogP contribution is 2.25. The van der Waals surface area contributed by atoms with E-state index in [9.17, 15) is 0 Å². The third kappa shape index (κ3) is 3.84. The van der Waals surface area contributed by atoms with E-state index in [0.717, 1.165) is 12.5 Å². The lowest BCUT2D eigenvalue weighted by Crippen LogP contribution is -2.24. The maximum absolute atomic E-state index is 4.35. The van der Waals surface area contributed by atoms with Gasteiger partial charge in [0.05, 0.1) is 6.20 Å². The largest absolute Gasteiger partial charge is 0.310 e. The molecule has 17 heavy (non-hydrogen) atoms. The number of aromatic nitrogens is 2. The maximum atomic E-state index is 4.35. The highest BCUT2D eigenvalue weighted by Gasteiger charge is 2.18. The monoisotopic (exact) mass is 237 g/mol. The van der Waals surface area contributed by atoms with E-state index in [1.165, 1.54) is 30.5 Å². The molecule has 3 nitrogen and oxygen atoms in total. The van der Waals surface area contributed by atoms with Gasteiger partial charge < -0.3 is 5.32 Å². The molecule has 0 amide bonds. The van der Waals surface area contributed by atoms with Crippen molar-refractivity contribution < 1.29 is 0 Å². The van der Waals surface area contributed by atoms with E-state index in [1.54, 1.807) is 0 Å². The Morgan fingerprint density at radius 1 is 1.41 bits per heavy atom. The van der Waals surface area contributed by atoms with Crippen molar-refractivity contribution in [3.05, 3.63) is 17.5 Å². The number of rotatable bonds is 7. The molecule has 0 saturated carbocycles. The van der Waals surface area contributed by atoms with Gasteiger partial charge in [-0.1, -0.05) is 27.2 Å². The van der Waals surface area contributed by atoms with Crippen molar-refractivity contribution >= 4 is 0 Å². The lowest BCUT2D eigenvalue weighted by molar-refractivity contribution is 0.401. The summed E-state index contributed by atoms with van der Waals surface area (Å²) in [5, 5.41) is 8.01. The van der Waals surface area contributed by atoms with Crippen LogP contribution >= 0.6 is 0 Å². The molecular weight excluding hydrogens is 210 g/mol. The number of aryl methyl sites for hydroxylation is 1. The van der Waals surface area contributed by atoms with E-state index < -0.39 is 0 Å². The quantitative estimate of drug-likeness (QED) is 0.789. The molecule has 1 aromatic rings. The minimum absolute atomic E-state index is 0.457. The zero-order valence-corrected chi connectivity index (χ0v) is 12.0. The highest BCUT2D eigenvalue weighted by atomic mass is 15.3. The Morgan fingerprint density at radius 3 is 2.59 bits per heavy atom. The molecule has 2 atom stereocenters. The molecule has 98 valence electrons. The first-order valence-corrected chi connectivity index (χ1v) is 6.81. The second kappa shape index (κ2) is 6.80. The predicted molar refractivity (Wildman–Crippen MR) is 73.1 cm³/mol. The Labute approximate surface area is 106 Å². The lowest BCUT2D eigenvalue weighted by atomic mass is 9.94. The van der Waals surface area contributed by atoms with Gasteiger partial charge in [0.25, 0.3) is 0 Å². The molecule has 0 saturated heterocycles. The summed E-state index contributed by atoms with van der Waals surface area (Å²) in [4.78, 5) is 0. The van der Waals surface area contributed by atoms with E-state index in [4.69, 9.17) is 0 Å². The van der Waals surface area contributed by atoms with Crippen LogP contribution in [-0.4, -0.2) is 16.3 Å². The van der Waals surface area contributed by atoms with Crippen LogP contribution in [0.15, 0.2) is 6.20 Å². The zero-order valence-electron chi connectivity index (χ0n) is 12.0. The Hall–Kier alpha value is -0.830. The first-order chi connectivity index (χ1) is 8.10. The fourth-order valence-corrected chi connectivity index (χ4v) is 2.07. The number of hydrogen-bond acceptors (Lipinski definition) is 2. The van der Waals surface area contributed by atoms with E-state index in [0.29, 0.717) is 6.04 Å². The van der Waals surface area contributed by atoms with E-state index >= 15 is 0 Å². The van der Waals surface area contributed by atoms with Crippen LogP contribution in [0, 0.1) is 12.8 Å². The topological polar surface area (TPSA) is 29.9 Å². The summed E-state index contributed by atoms with van der Waals surface area (Å²) in [6.07, 6.45) is 5.63. The third-order valence-corrected chi connectivity index (χ3v) is 3.62. The average Bonchev–Trinajstić information content (AvgIpc) is 2.65. The Balaban J connectivity index is 2.78. The molecule has 1 rings (SSSR count). The Morgan fingerprint density at radius 2 is 2.12 bits per heavy atom. The predicted octanol–water partition coefficient (Wildman–Crippen LogP) is 3.21. The third-order valence-electron chi connectivity index (χ3n) is 3.62. The number of hydrogen-bond donors (Lipinski definition) is 1. The smallest absolute Gasteiger partial charge is 0.0540 e. The van der Waals surface area contributed by atoms with Crippen molar-refractivity contribution in [2.45, 2.75) is 53.0 Å². The second-order valence-electron chi connectivity index (χ2n) is 5.06. The van der Waals surface area contributed by atoms with Gasteiger partial charge in [0, 0.05) is 24.3 Å². The van der Waals surface area contributed by atoms with Crippen LogP contribution < -0.4 is 5.32 Å². The van der Waals surface area contributed by atoms with Gasteiger partial charge in [0.15, 0.2) is 0 Å². The molecule has 1 N–H and O–H groups in total. The van der Waals surface area contributed by atoms with Crippen molar-refractivity contribution in [1.82, 2.24) is 15.1 Å². The van der Waals surface area contributed by atoms with Gasteiger partial charge in [-0.3, -0.25) is 4.68 Å². The zero-order chi connectivity index (χ0) is 12.8. The fourth-order valence-electron chi connectivity index (χ4n) is 2.07. The molecule has 0 aliphatic heterocycles. The van der Waals surface area contributed by atoms with Crippen LogP contribution in [-0.2, 0) is 7.05 Å². The van der Waals surface area contributed by atoms with Gasteiger partial charge in [-0.15, -0.1) is 0 Å². The molecule has 0 aliphatic rings. The lowest BCUT2D eigenvalue weighted by Gasteiger charge is -2.21. The minimum atomic E-state index is 0.457. The standard InChI is InChI=1S/C14H27N3/c1-6-8-15-14(9-11(3)7-2)13-10-16-17(5)12(13)4/h10-11,14-15H,6-9H2,1-5H3. The fraction of sp³-hybridized carbons (Fsp3) is 0.786. The summed E-state index contributed by atoms with van der Waals surface area (Å²) in [6, 6.07) is 0.457. The summed E-state index contributed by atoms with van der Waals surface area (Å²) >= 11 is 0. The minimum Gasteiger partial charge on any atom is -0.310 e. The second-order valence-corrected chi connectivity index (χ2v) is 5.06. The number of nitrogens with one attached hydrogen (secondary N) is 1. The molecule has 1 aromatic heterocycles. The van der Waals surface area contributed by atoms with Crippen LogP contribution in [0.4, 0.5) is 0 Å². The van der Waals surface area contributed by atoms with Gasteiger partial charge >= 0.3 is 0 Å². The summed E-state index contributed by atoms with van der Waals surface area (Å²) in [5.41, 5.74) is 2.64. The SMILES string of the molecule is CCCNC(CC(C)CC)c1cnn(C)c1C. The van der Waals surface area contributed by atoms with Crippen molar-refractivity contribution in [1.29, 1.82) is 0 Å². The molecule has 0 aliphatic carbocycles. The summed E-state index contributed by atoms with van der Waals surface area (Å²) < 4.78 is 1.96. The van der Waals surface area contributed by atoms with E-state index in [2.05, 4.69) is 38.1 Å². The van der Waals surface area contributed by atoms with Crippen molar-refractivity contribution in [2.24, 2.45) is 13.0 Å². The van der Waals surface area contributed by atoms with Crippen molar-refractivity contribution in [3.8, 4) is 0 Å². The van der Waals surface area contributed by atoms with Gasteiger partial charge in [0.1, 0.15) is 0 Å². The van der Waals surface area contributed by atoms with Crippen LogP contribution in [0.5, 0.6) is 0 Å². The Kier molecular flexibility index (Phi) is 5.69. The summed E-state index contributed by atoms with van der Waals surface area (Å²) in [6.45, 7) is 10.0. The molecule has 2 unspecified atom stereocenters. The van der Waals surface area contributed by atoms with Crippen molar-refractivity contribution in [2.75, 3.05) is 6.54 Å². The first-order valence-electron chi connectivity index (χ1n) is 6.81. The Bertz CT molecular complexity index is 330. The summed E-state index contributed by atoms with van der Waals surface area (Å²) in [5.74, 6) is 0.754. The molecule has 1 heterocycles. The van der Waals surface area contributed by atoms with E-state index in [-0.39, 0.29) is 0 Å². The van der Waals surface area contributed by atoms with Gasteiger partial charge in [-0.2, -0.15) is 5.10 Å². The average molecular weight is 237 g/mol. The van der Waals surface area contributed by atoms with Crippen LogP contribution in [0.2, 0.25) is 0 Å². The molecule has 0 radical (unpaired) electrons. The van der Waals surface area contributed by atoms with Crippen molar-refractivity contribution in [3.63, 3.8) is 0 Å². The van der Waals surface area contributed by atoms with Gasteiger partial charge in [-0.05, 0) is 32.2 Å². The van der Waals surface area contributed by atoms with E-state index in [1.807, 2.05) is 17.9 Å². The molecule has 0 fully saturated rings. The van der Waals surface area contributed by atoms with Gasteiger partial charge in [-0.25, -0.2) is 0 Å². The van der Waals surface area contributed by atoms with Crippen LogP contribution in [0.25, 0.3) is 0 Å². The maximum Gasteiger partial charge on any atom is 0.0540 e. The van der Waals surface area contributed by atoms with Gasteiger partial charge in [0.2, 0.25) is 0 Å². The normalized spacial score (nSPS) is 14.9. The van der Waals surface area contributed by atoms with Crippen LogP contribution in [0.3, 0.4) is 0 Å². The highest BCUT2D eigenvalue weighted by molar-refractivity contribution is 5.20. The molecule has 0 bridgehead atoms. The molecule has 0 spiro atoms. The molecule has 3 heteroatoms.